The van der Waals surface area contributed by atoms with E-state index in [1.807, 2.05) is 0 Å². The van der Waals surface area contributed by atoms with Crippen LogP contribution >= 0.6 is 0 Å². The first-order valence-corrected chi connectivity index (χ1v) is 4.40. The first-order valence-electron chi connectivity index (χ1n) is 4.40. The van der Waals surface area contributed by atoms with E-state index < -0.39 is 0 Å². The molecule has 2 rings (SSSR count). The number of hydrogen-bond acceptors (Lipinski definition) is 2. The van der Waals surface area contributed by atoms with Crippen molar-refractivity contribution < 1.29 is 0 Å². The van der Waals surface area contributed by atoms with Gasteiger partial charge in [0.1, 0.15) is 0 Å². The van der Waals surface area contributed by atoms with Crippen LogP contribution in [0.2, 0.25) is 0 Å². The molecule has 1 N–H and O–H groups in total. The van der Waals surface area contributed by atoms with E-state index in [0.29, 0.717) is 0 Å². The van der Waals surface area contributed by atoms with Crippen molar-refractivity contribution >= 4 is 0 Å². The molecular weight excluding hydrogens is 124 g/mol. The lowest BCUT2D eigenvalue weighted by atomic mass is 10.0. The van der Waals surface area contributed by atoms with E-state index in [2.05, 4.69) is 17.4 Å². The second-order valence-electron chi connectivity index (χ2n) is 3.51. The SMILES string of the molecule is CCC1CC2CCNN2C1. The van der Waals surface area contributed by atoms with Crippen LogP contribution in [0.4, 0.5) is 0 Å². The molecule has 0 spiro atoms. The molecule has 2 fully saturated rings. The predicted octanol–water partition coefficient (Wildman–Crippen LogP) is 0.995. The van der Waals surface area contributed by atoms with Crippen molar-refractivity contribution in [2.45, 2.75) is 32.2 Å². The van der Waals surface area contributed by atoms with Crippen LogP contribution in [0.1, 0.15) is 26.2 Å². The molecule has 2 atom stereocenters. The van der Waals surface area contributed by atoms with Gasteiger partial charge in [0.05, 0.1) is 0 Å². The van der Waals surface area contributed by atoms with Gasteiger partial charge in [0.25, 0.3) is 0 Å². The van der Waals surface area contributed by atoms with Gasteiger partial charge in [-0.2, -0.15) is 0 Å². The standard InChI is InChI=1S/C8H16N2/c1-2-7-5-8-3-4-9-10(8)6-7/h7-9H,2-6H2,1H3. The fourth-order valence-corrected chi connectivity index (χ4v) is 2.15. The van der Waals surface area contributed by atoms with Crippen LogP contribution in [0.25, 0.3) is 0 Å². The van der Waals surface area contributed by atoms with Crippen molar-refractivity contribution in [2.75, 3.05) is 13.1 Å². The van der Waals surface area contributed by atoms with Gasteiger partial charge in [-0.1, -0.05) is 13.3 Å². The molecule has 0 amide bonds. The molecule has 0 radical (unpaired) electrons. The van der Waals surface area contributed by atoms with Crippen molar-refractivity contribution in [1.82, 2.24) is 10.4 Å². The highest BCUT2D eigenvalue weighted by Crippen LogP contribution is 2.28. The number of rotatable bonds is 1. The summed E-state index contributed by atoms with van der Waals surface area (Å²) in [5.74, 6) is 0.970. The Hall–Kier alpha value is -0.0800. The molecule has 2 heterocycles. The average Bonchev–Trinajstić information content (AvgIpc) is 2.42. The molecule has 2 aliphatic heterocycles. The normalized spacial score (nSPS) is 40.5. The monoisotopic (exact) mass is 140 g/mol. The van der Waals surface area contributed by atoms with Gasteiger partial charge >= 0.3 is 0 Å². The second kappa shape index (κ2) is 2.51. The van der Waals surface area contributed by atoms with Crippen molar-refractivity contribution in [3.8, 4) is 0 Å². The summed E-state index contributed by atoms with van der Waals surface area (Å²) < 4.78 is 0. The molecule has 2 aliphatic rings. The smallest absolute Gasteiger partial charge is 0.0259 e. The van der Waals surface area contributed by atoms with Crippen LogP contribution < -0.4 is 5.43 Å². The van der Waals surface area contributed by atoms with Crippen LogP contribution in [-0.2, 0) is 0 Å². The first-order chi connectivity index (χ1) is 4.90. The quantitative estimate of drug-likeness (QED) is 0.584. The molecule has 0 aromatic rings. The maximum Gasteiger partial charge on any atom is 0.0259 e. The Bertz CT molecular complexity index is 112. The number of nitrogens with zero attached hydrogens (tertiary/aromatic N) is 1. The fraction of sp³-hybridized carbons (Fsp3) is 1.00. The Morgan fingerprint density at radius 1 is 1.60 bits per heavy atom. The number of fused-ring (bicyclic) bond motifs is 1. The van der Waals surface area contributed by atoms with Crippen molar-refractivity contribution in [1.29, 1.82) is 0 Å². The minimum atomic E-state index is 0.880. The maximum atomic E-state index is 3.42. The zero-order chi connectivity index (χ0) is 6.97. The highest BCUT2D eigenvalue weighted by Gasteiger charge is 2.33. The molecule has 0 aliphatic carbocycles. The number of hydrogen-bond donors (Lipinski definition) is 1. The van der Waals surface area contributed by atoms with Gasteiger partial charge in [-0.3, -0.25) is 5.43 Å². The summed E-state index contributed by atoms with van der Waals surface area (Å²) in [5.41, 5.74) is 3.42. The Morgan fingerprint density at radius 3 is 3.20 bits per heavy atom. The third-order valence-electron chi connectivity index (χ3n) is 2.87. The first kappa shape index (κ1) is 6.62. The summed E-state index contributed by atoms with van der Waals surface area (Å²) >= 11 is 0. The van der Waals surface area contributed by atoms with Gasteiger partial charge in [0.15, 0.2) is 0 Å². The molecule has 10 heavy (non-hydrogen) atoms. The van der Waals surface area contributed by atoms with E-state index in [-0.39, 0.29) is 0 Å². The zero-order valence-corrected chi connectivity index (χ0v) is 6.64. The predicted molar refractivity (Wildman–Crippen MR) is 41.5 cm³/mol. The largest absolute Gasteiger partial charge is 0.255 e. The van der Waals surface area contributed by atoms with Crippen LogP contribution in [0.5, 0.6) is 0 Å². The minimum Gasteiger partial charge on any atom is -0.255 e. The molecule has 2 saturated heterocycles. The van der Waals surface area contributed by atoms with Crippen molar-refractivity contribution in [3.05, 3.63) is 0 Å². The van der Waals surface area contributed by atoms with Gasteiger partial charge in [-0.05, 0) is 18.8 Å². The third-order valence-corrected chi connectivity index (χ3v) is 2.87. The van der Waals surface area contributed by atoms with Gasteiger partial charge in [-0.15, -0.1) is 0 Å². The highest BCUT2D eigenvalue weighted by molar-refractivity contribution is 4.86. The highest BCUT2D eigenvalue weighted by atomic mass is 15.5. The molecule has 2 unspecified atom stereocenters. The lowest BCUT2D eigenvalue weighted by Crippen LogP contribution is -2.32. The molecule has 0 saturated carbocycles. The lowest BCUT2D eigenvalue weighted by Gasteiger charge is -2.13. The van der Waals surface area contributed by atoms with E-state index in [1.165, 1.54) is 32.4 Å². The van der Waals surface area contributed by atoms with Gasteiger partial charge in [-0.25, -0.2) is 5.01 Å². The van der Waals surface area contributed by atoms with E-state index in [0.717, 1.165) is 12.0 Å². The van der Waals surface area contributed by atoms with E-state index in [9.17, 15) is 0 Å². The summed E-state index contributed by atoms with van der Waals surface area (Å²) in [7, 11) is 0. The van der Waals surface area contributed by atoms with Crippen LogP contribution in [0.15, 0.2) is 0 Å². The fourth-order valence-electron chi connectivity index (χ4n) is 2.15. The Kier molecular flexibility index (Phi) is 1.66. The molecule has 0 aromatic heterocycles. The molecule has 58 valence electrons. The maximum absolute atomic E-state index is 3.42. The topological polar surface area (TPSA) is 15.3 Å². The van der Waals surface area contributed by atoms with Crippen molar-refractivity contribution in [2.24, 2.45) is 5.92 Å². The Morgan fingerprint density at radius 2 is 2.50 bits per heavy atom. The van der Waals surface area contributed by atoms with Gasteiger partial charge in [0.2, 0.25) is 0 Å². The summed E-state index contributed by atoms with van der Waals surface area (Å²) in [6.07, 6.45) is 4.16. The third kappa shape index (κ3) is 0.956. The number of nitrogens with one attached hydrogen (secondary N) is 1. The molecule has 0 aromatic carbocycles. The Labute approximate surface area is 62.6 Å². The molecule has 2 heteroatoms. The van der Waals surface area contributed by atoms with Crippen LogP contribution in [0, 0.1) is 5.92 Å². The lowest BCUT2D eigenvalue weighted by molar-refractivity contribution is 0.236. The Balaban J connectivity index is 1.94. The average molecular weight is 140 g/mol. The molecule has 0 bridgehead atoms. The summed E-state index contributed by atoms with van der Waals surface area (Å²) in [4.78, 5) is 0. The van der Waals surface area contributed by atoms with E-state index in [1.54, 1.807) is 0 Å². The van der Waals surface area contributed by atoms with Gasteiger partial charge in [0, 0.05) is 19.1 Å². The summed E-state index contributed by atoms with van der Waals surface area (Å²) in [6, 6.07) is 0.880. The zero-order valence-electron chi connectivity index (χ0n) is 6.64. The number of hydrazine groups is 1. The van der Waals surface area contributed by atoms with Crippen LogP contribution in [-0.4, -0.2) is 24.1 Å². The van der Waals surface area contributed by atoms with Gasteiger partial charge < -0.3 is 0 Å². The van der Waals surface area contributed by atoms with Crippen molar-refractivity contribution in [3.63, 3.8) is 0 Å². The second-order valence-corrected chi connectivity index (χ2v) is 3.51. The van der Waals surface area contributed by atoms with Crippen LogP contribution in [0.3, 0.4) is 0 Å². The minimum absolute atomic E-state index is 0.880. The molecular formula is C8H16N2. The van der Waals surface area contributed by atoms with E-state index >= 15 is 0 Å². The summed E-state index contributed by atoms with van der Waals surface area (Å²) in [5, 5.41) is 2.44. The van der Waals surface area contributed by atoms with E-state index in [4.69, 9.17) is 0 Å². The molecule has 2 nitrogen and oxygen atoms in total. The summed E-state index contributed by atoms with van der Waals surface area (Å²) in [6.45, 7) is 4.80.